The van der Waals surface area contributed by atoms with Crippen molar-refractivity contribution in [2.24, 2.45) is 0 Å². The van der Waals surface area contributed by atoms with Gasteiger partial charge in [-0.1, -0.05) is 23.7 Å². The summed E-state index contributed by atoms with van der Waals surface area (Å²) in [5.41, 5.74) is 2.24. The molecule has 0 bridgehead atoms. The highest BCUT2D eigenvalue weighted by atomic mass is 35.5. The molecular formula is C26H25ClN2O4. The van der Waals surface area contributed by atoms with Gasteiger partial charge in [-0.25, -0.2) is 0 Å². The molecule has 2 aromatic carbocycles. The first-order valence-electron chi connectivity index (χ1n) is 10.9. The van der Waals surface area contributed by atoms with Crippen LogP contribution < -0.4 is 4.90 Å². The van der Waals surface area contributed by atoms with E-state index in [1.54, 1.807) is 36.4 Å². The molecule has 1 aliphatic rings. The molecule has 0 aliphatic carbocycles. The number of carbonyl (C=O) groups excluding carboxylic acids is 2. The summed E-state index contributed by atoms with van der Waals surface area (Å²) in [5.74, 6) is -1.09. The van der Waals surface area contributed by atoms with E-state index < -0.39 is 17.7 Å². The number of nitrogens with zero attached hydrogens (tertiary/aromatic N) is 2. The number of rotatable bonds is 7. The van der Waals surface area contributed by atoms with Gasteiger partial charge in [-0.15, -0.1) is 0 Å². The SMILES string of the molecule is CCN(CC)c1ccc(C2C(=C(O)c3ccc(Cl)cc3)C(=O)C(=O)N2Cc2ccco2)cc1. The number of likely N-dealkylation sites (tertiary alicyclic amines) is 1. The summed E-state index contributed by atoms with van der Waals surface area (Å²) in [4.78, 5) is 29.8. The van der Waals surface area contributed by atoms with Crippen molar-refractivity contribution in [2.75, 3.05) is 18.0 Å². The normalized spacial score (nSPS) is 17.5. The summed E-state index contributed by atoms with van der Waals surface area (Å²) in [6.07, 6.45) is 1.52. The van der Waals surface area contributed by atoms with E-state index in [9.17, 15) is 14.7 Å². The van der Waals surface area contributed by atoms with E-state index in [0.29, 0.717) is 16.3 Å². The molecule has 7 heteroatoms. The molecule has 0 radical (unpaired) electrons. The van der Waals surface area contributed by atoms with Gasteiger partial charge in [-0.05, 0) is 67.9 Å². The van der Waals surface area contributed by atoms with Gasteiger partial charge in [0, 0.05) is 29.4 Å². The van der Waals surface area contributed by atoms with Gasteiger partial charge >= 0.3 is 0 Å². The van der Waals surface area contributed by atoms with Crippen LogP contribution in [0.5, 0.6) is 0 Å². The minimum atomic E-state index is -0.753. The van der Waals surface area contributed by atoms with Gasteiger partial charge in [0.2, 0.25) is 0 Å². The molecule has 170 valence electrons. The molecule has 6 nitrogen and oxygen atoms in total. The Morgan fingerprint density at radius 1 is 1.03 bits per heavy atom. The van der Waals surface area contributed by atoms with Crippen LogP contribution >= 0.6 is 11.6 Å². The number of Topliss-reactive ketones (excluding diaryl/α,β-unsaturated/α-hetero) is 1. The summed E-state index contributed by atoms with van der Waals surface area (Å²) in [6, 6.07) is 17.0. The van der Waals surface area contributed by atoms with Crippen molar-refractivity contribution in [3.63, 3.8) is 0 Å². The molecular weight excluding hydrogens is 440 g/mol. The molecule has 4 rings (SSSR count). The summed E-state index contributed by atoms with van der Waals surface area (Å²) in [6.45, 7) is 6.01. The molecule has 1 aliphatic heterocycles. The highest BCUT2D eigenvalue weighted by Gasteiger charge is 2.46. The number of aliphatic hydroxyl groups is 1. The van der Waals surface area contributed by atoms with Crippen molar-refractivity contribution in [2.45, 2.75) is 26.4 Å². The van der Waals surface area contributed by atoms with Crippen molar-refractivity contribution >= 4 is 34.7 Å². The number of benzene rings is 2. The molecule has 1 N–H and O–H groups in total. The predicted molar refractivity (Wildman–Crippen MR) is 128 cm³/mol. The van der Waals surface area contributed by atoms with Gasteiger partial charge in [-0.2, -0.15) is 0 Å². The second-order valence-electron chi connectivity index (χ2n) is 7.78. The number of ketones is 1. The number of hydrogen-bond acceptors (Lipinski definition) is 5. The third-order valence-corrected chi connectivity index (χ3v) is 6.15. The van der Waals surface area contributed by atoms with Gasteiger partial charge in [0.15, 0.2) is 0 Å². The standard InChI is InChI=1S/C26H25ClN2O4/c1-3-28(4-2)20-13-9-17(10-14-20)23-22(24(30)18-7-11-19(27)12-8-18)25(31)26(32)29(23)16-21-6-5-15-33-21/h5-15,23,30H,3-4,16H2,1-2H3. The Kier molecular flexibility index (Phi) is 6.56. The zero-order chi connectivity index (χ0) is 23.5. The summed E-state index contributed by atoms with van der Waals surface area (Å²) >= 11 is 5.98. The fraction of sp³-hybridized carbons (Fsp3) is 0.231. The van der Waals surface area contributed by atoms with Crippen LogP contribution in [-0.2, 0) is 16.1 Å². The number of carbonyl (C=O) groups is 2. The molecule has 1 unspecified atom stereocenters. The largest absolute Gasteiger partial charge is 0.507 e. The van der Waals surface area contributed by atoms with E-state index in [0.717, 1.165) is 24.3 Å². The Bertz CT molecular complexity index is 1160. The van der Waals surface area contributed by atoms with Gasteiger partial charge in [-0.3, -0.25) is 9.59 Å². The van der Waals surface area contributed by atoms with Crippen LogP contribution in [0.2, 0.25) is 5.02 Å². The Morgan fingerprint density at radius 2 is 1.70 bits per heavy atom. The molecule has 0 spiro atoms. The van der Waals surface area contributed by atoms with Crippen LogP contribution in [0.3, 0.4) is 0 Å². The summed E-state index contributed by atoms with van der Waals surface area (Å²) in [5, 5.41) is 11.6. The first-order chi connectivity index (χ1) is 15.9. The number of furan rings is 1. The number of amides is 1. The first-order valence-corrected chi connectivity index (χ1v) is 11.2. The van der Waals surface area contributed by atoms with E-state index in [2.05, 4.69) is 18.7 Å². The predicted octanol–water partition coefficient (Wildman–Crippen LogP) is 5.40. The highest BCUT2D eigenvalue weighted by Crippen LogP contribution is 2.40. The number of aliphatic hydroxyl groups excluding tert-OH is 1. The van der Waals surface area contributed by atoms with Crippen LogP contribution in [0.1, 0.15) is 36.8 Å². The third kappa shape index (κ3) is 4.39. The van der Waals surface area contributed by atoms with Gasteiger partial charge in [0.25, 0.3) is 11.7 Å². The van der Waals surface area contributed by atoms with E-state index in [1.165, 1.54) is 11.2 Å². The Hall–Kier alpha value is -3.51. The van der Waals surface area contributed by atoms with Crippen LogP contribution in [0, 0.1) is 0 Å². The fourth-order valence-corrected chi connectivity index (χ4v) is 4.31. The van der Waals surface area contributed by atoms with Gasteiger partial charge in [0.1, 0.15) is 11.5 Å². The second-order valence-corrected chi connectivity index (χ2v) is 8.21. The molecule has 1 saturated heterocycles. The van der Waals surface area contributed by atoms with Crippen molar-refractivity contribution in [1.29, 1.82) is 0 Å². The lowest BCUT2D eigenvalue weighted by Gasteiger charge is -2.26. The maximum absolute atomic E-state index is 13.1. The zero-order valence-corrected chi connectivity index (χ0v) is 19.2. The lowest BCUT2D eigenvalue weighted by atomic mass is 9.95. The molecule has 2 heterocycles. The molecule has 33 heavy (non-hydrogen) atoms. The van der Waals surface area contributed by atoms with E-state index in [-0.39, 0.29) is 17.9 Å². The molecule has 1 fully saturated rings. The number of hydrogen-bond donors (Lipinski definition) is 1. The van der Waals surface area contributed by atoms with Crippen molar-refractivity contribution in [3.8, 4) is 0 Å². The van der Waals surface area contributed by atoms with Crippen LogP contribution in [0.4, 0.5) is 5.69 Å². The molecule has 1 amide bonds. The minimum Gasteiger partial charge on any atom is -0.507 e. The average Bonchev–Trinajstić information content (AvgIpc) is 3.43. The third-order valence-electron chi connectivity index (χ3n) is 5.90. The quantitative estimate of drug-likeness (QED) is 0.288. The number of halogens is 1. The average molecular weight is 465 g/mol. The Morgan fingerprint density at radius 3 is 2.27 bits per heavy atom. The van der Waals surface area contributed by atoms with Crippen LogP contribution in [0.15, 0.2) is 76.9 Å². The van der Waals surface area contributed by atoms with Crippen LogP contribution in [0.25, 0.3) is 5.76 Å². The van der Waals surface area contributed by atoms with E-state index >= 15 is 0 Å². The van der Waals surface area contributed by atoms with Gasteiger partial charge in [0.05, 0.1) is 24.4 Å². The molecule has 0 saturated carbocycles. The van der Waals surface area contributed by atoms with E-state index in [1.807, 2.05) is 24.3 Å². The molecule has 3 aromatic rings. The zero-order valence-electron chi connectivity index (χ0n) is 18.5. The highest BCUT2D eigenvalue weighted by molar-refractivity contribution is 6.46. The van der Waals surface area contributed by atoms with Crippen molar-refractivity contribution < 1.29 is 19.1 Å². The van der Waals surface area contributed by atoms with E-state index in [4.69, 9.17) is 16.0 Å². The van der Waals surface area contributed by atoms with Crippen LogP contribution in [-0.4, -0.2) is 34.8 Å². The smallest absolute Gasteiger partial charge is 0.296 e. The Balaban J connectivity index is 1.82. The topological polar surface area (TPSA) is 74.0 Å². The fourth-order valence-electron chi connectivity index (χ4n) is 4.18. The first kappa shape index (κ1) is 22.7. The minimum absolute atomic E-state index is 0.0458. The lowest BCUT2D eigenvalue weighted by molar-refractivity contribution is -0.140. The summed E-state index contributed by atoms with van der Waals surface area (Å²) < 4.78 is 5.43. The maximum Gasteiger partial charge on any atom is 0.296 e. The lowest BCUT2D eigenvalue weighted by Crippen LogP contribution is -2.29. The number of anilines is 1. The summed E-state index contributed by atoms with van der Waals surface area (Å²) in [7, 11) is 0. The molecule has 1 aromatic heterocycles. The van der Waals surface area contributed by atoms with Crippen molar-refractivity contribution in [1.82, 2.24) is 4.90 Å². The molecule has 1 atom stereocenters. The second kappa shape index (κ2) is 9.55. The maximum atomic E-state index is 13.1. The monoisotopic (exact) mass is 464 g/mol. The Labute approximate surface area is 197 Å². The van der Waals surface area contributed by atoms with Crippen molar-refractivity contribution in [3.05, 3.63) is 94.4 Å². The van der Waals surface area contributed by atoms with Gasteiger partial charge < -0.3 is 19.3 Å².